The summed E-state index contributed by atoms with van der Waals surface area (Å²) >= 11 is 5.90. The third-order valence-corrected chi connectivity index (χ3v) is 2.91. The standard InChI is InChI=1S/C12H20ClN3/c1-5-6-10(3)16(4)8-12-14-9(2)7-11(13)15-12/h7,10H,5-6,8H2,1-4H3. The first kappa shape index (κ1) is 13.4. The van der Waals surface area contributed by atoms with Gasteiger partial charge >= 0.3 is 0 Å². The van der Waals surface area contributed by atoms with E-state index in [0.717, 1.165) is 18.1 Å². The van der Waals surface area contributed by atoms with E-state index < -0.39 is 0 Å². The summed E-state index contributed by atoms with van der Waals surface area (Å²) < 4.78 is 0. The molecule has 0 aliphatic rings. The first-order valence-electron chi connectivity index (χ1n) is 5.73. The minimum atomic E-state index is 0.527. The zero-order chi connectivity index (χ0) is 12.1. The minimum absolute atomic E-state index is 0.527. The van der Waals surface area contributed by atoms with Crippen LogP contribution in [0.1, 0.15) is 38.2 Å². The van der Waals surface area contributed by atoms with E-state index in [0.29, 0.717) is 11.2 Å². The van der Waals surface area contributed by atoms with Crippen LogP contribution in [0.2, 0.25) is 5.15 Å². The smallest absolute Gasteiger partial charge is 0.144 e. The second kappa shape index (κ2) is 6.16. The summed E-state index contributed by atoms with van der Waals surface area (Å²) in [5.74, 6) is 0.801. The van der Waals surface area contributed by atoms with E-state index in [4.69, 9.17) is 11.6 Å². The Bertz CT molecular complexity index is 321. The van der Waals surface area contributed by atoms with Crippen LogP contribution in [0.25, 0.3) is 0 Å². The van der Waals surface area contributed by atoms with Gasteiger partial charge in [0.05, 0.1) is 6.54 Å². The fourth-order valence-corrected chi connectivity index (χ4v) is 1.93. The molecule has 90 valence electrons. The predicted octanol–water partition coefficient (Wildman–Crippen LogP) is 3.06. The third kappa shape index (κ3) is 4.06. The molecule has 0 saturated heterocycles. The van der Waals surface area contributed by atoms with Gasteiger partial charge in [0.1, 0.15) is 11.0 Å². The van der Waals surface area contributed by atoms with Gasteiger partial charge in [-0.3, -0.25) is 4.90 Å². The van der Waals surface area contributed by atoms with Crippen molar-refractivity contribution >= 4 is 11.6 Å². The van der Waals surface area contributed by atoms with Gasteiger partial charge in [0, 0.05) is 11.7 Å². The maximum atomic E-state index is 5.90. The number of hydrogen-bond acceptors (Lipinski definition) is 3. The van der Waals surface area contributed by atoms with E-state index in [1.165, 1.54) is 12.8 Å². The highest BCUT2D eigenvalue weighted by Gasteiger charge is 2.10. The van der Waals surface area contributed by atoms with E-state index in [1.54, 1.807) is 6.07 Å². The van der Waals surface area contributed by atoms with Crippen LogP contribution in [0.3, 0.4) is 0 Å². The van der Waals surface area contributed by atoms with Crippen molar-refractivity contribution in [3.05, 3.63) is 22.7 Å². The van der Waals surface area contributed by atoms with Crippen molar-refractivity contribution in [2.45, 2.75) is 46.2 Å². The fourth-order valence-electron chi connectivity index (χ4n) is 1.68. The number of halogens is 1. The minimum Gasteiger partial charge on any atom is -0.296 e. The second-order valence-corrected chi connectivity index (χ2v) is 4.69. The SMILES string of the molecule is CCCC(C)N(C)Cc1nc(C)cc(Cl)n1. The van der Waals surface area contributed by atoms with Gasteiger partial charge in [-0.15, -0.1) is 0 Å². The molecule has 1 atom stereocenters. The van der Waals surface area contributed by atoms with Crippen LogP contribution in [0.4, 0.5) is 0 Å². The van der Waals surface area contributed by atoms with E-state index in [-0.39, 0.29) is 0 Å². The Kier molecular flexibility index (Phi) is 5.16. The Morgan fingerprint density at radius 3 is 2.69 bits per heavy atom. The summed E-state index contributed by atoms with van der Waals surface area (Å²) in [5, 5.41) is 0.527. The Hall–Kier alpha value is -0.670. The van der Waals surface area contributed by atoms with Crippen LogP contribution in [-0.2, 0) is 6.54 Å². The fraction of sp³-hybridized carbons (Fsp3) is 0.667. The van der Waals surface area contributed by atoms with Gasteiger partial charge in [-0.2, -0.15) is 0 Å². The van der Waals surface area contributed by atoms with Crippen molar-refractivity contribution in [2.24, 2.45) is 0 Å². The Morgan fingerprint density at radius 1 is 1.44 bits per heavy atom. The molecule has 1 unspecified atom stereocenters. The molecule has 1 rings (SSSR count). The van der Waals surface area contributed by atoms with E-state index in [1.807, 2.05) is 6.92 Å². The zero-order valence-electron chi connectivity index (χ0n) is 10.5. The number of aryl methyl sites for hydroxylation is 1. The summed E-state index contributed by atoms with van der Waals surface area (Å²) in [6.45, 7) is 7.11. The molecule has 1 aromatic rings. The molecular formula is C12H20ClN3. The quantitative estimate of drug-likeness (QED) is 0.742. The van der Waals surface area contributed by atoms with Crippen LogP contribution < -0.4 is 0 Å². The molecule has 0 aromatic carbocycles. The number of rotatable bonds is 5. The van der Waals surface area contributed by atoms with Gasteiger partial charge in [-0.25, -0.2) is 9.97 Å². The van der Waals surface area contributed by atoms with Crippen LogP contribution in [0.15, 0.2) is 6.07 Å². The molecule has 0 bridgehead atoms. The molecule has 0 aliphatic heterocycles. The number of nitrogens with zero attached hydrogens (tertiary/aromatic N) is 3. The second-order valence-electron chi connectivity index (χ2n) is 4.30. The van der Waals surface area contributed by atoms with E-state index in [9.17, 15) is 0 Å². The first-order chi connectivity index (χ1) is 7.52. The van der Waals surface area contributed by atoms with Crippen molar-refractivity contribution in [1.82, 2.24) is 14.9 Å². The molecule has 0 N–H and O–H groups in total. The average molecular weight is 242 g/mol. The van der Waals surface area contributed by atoms with Crippen LogP contribution in [0, 0.1) is 6.92 Å². The number of aromatic nitrogens is 2. The highest BCUT2D eigenvalue weighted by Crippen LogP contribution is 2.10. The normalized spacial score (nSPS) is 13.1. The Labute approximate surface area is 103 Å². The van der Waals surface area contributed by atoms with Crippen LogP contribution >= 0.6 is 11.6 Å². The van der Waals surface area contributed by atoms with Crippen molar-refractivity contribution < 1.29 is 0 Å². The van der Waals surface area contributed by atoms with Gasteiger partial charge in [-0.05, 0) is 33.4 Å². The van der Waals surface area contributed by atoms with Crippen molar-refractivity contribution in [3.63, 3.8) is 0 Å². The molecule has 0 spiro atoms. The molecule has 4 heteroatoms. The highest BCUT2D eigenvalue weighted by molar-refractivity contribution is 6.29. The summed E-state index contributed by atoms with van der Waals surface area (Å²) in [6, 6.07) is 2.33. The predicted molar refractivity (Wildman–Crippen MR) is 67.6 cm³/mol. The molecule has 1 heterocycles. The molecule has 0 saturated carbocycles. The van der Waals surface area contributed by atoms with E-state index >= 15 is 0 Å². The van der Waals surface area contributed by atoms with Gasteiger partial charge in [0.25, 0.3) is 0 Å². The third-order valence-electron chi connectivity index (χ3n) is 2.72. The molecule has 1 aromatic heterocycles. The molecule has 0 radical (unpaired) electrons. The lowest BCUT2D eigenvalue weighted by atomic mass is 10.2. The summed E-state index contributed by atoms with van der Waals surface area (Å²) in [5.41, 5.74) is 0.923. The lowest BCUT2D eigenvalue weighted by Gasteiger charge is -2.23. The zero-order valence-corrected chi connectivity index (χ0v) is 11.3. The summed E-state index contributed by atoms with van der Waals surface area (Å²) in [7, 11) is 2.10. The maximum absolute atomic E-state index is 5.90. The lowest BCUT2D eigenvalue weighted by molar-refractivity contribution is 0.231. The highest BCUT2D eigenvalue weighted by atomic mass is 35.5. The number of hydrogen-bond donors (Lipinski definition) is 0. The van der Waals surface area contributed by atoms with E-state index in [2.05, 4.69) is 35.8 Å². The van der Waals surface area contributed by atoms with Crippen LogP contribution in [-0.4, -0.2) is 28.0 Å². The molecule has 16 heavy (non-hydrogen) atoms. The van der Waals surface area contributed by atoms with Crippen molar-refractivity contribution in [2.75, 3.05) is 7.05 Å². The van der Waals surface area contributed by atoms with Gasteiger partial charge in [0.2, 0.25) is 0 Å². The summed E-state index contributed by atoms with van der Waals surface area (Å²) in [6.07, 6.45) is 2.39. The monoisotopic (exact) mass is 241 g/mol. The molecule has 0 fully saturated rings. The van der Waals surface area contributed by atoms with Gasteiger partial charge in [0.15, 0.2) is 0 Å². The topological polar surface area (TPSA) is 29.0 Å². The van der Waals surface area contributed by atoms with Crippen LogP contribution in [0.5, 0.6) is 0 Å². The summed E-state index contributed by atoms with van der Waals surface area (Å²) in [4.78, 5) is 10.9. The Balaban J connectivity index is 2.65. The van der Waals surface area contributed by atoms with Gasteiger partial charge < -0.3 is 0 Å². The molecular weight excluding hydrogens is 222 g/mol. The first-order valence-corrected chi connectivity index (χ1v) is 6.11. The Morgan fingerprint density at radius 2 is 2.12 bits per heavy atom. The molecule has 0 aliphatic carbocycles. The average Bonchev–Trinajstić information content (AvgIpc) is 2.16. The largest absolute Gasteiger partial charge is 0.296 e. The van der Waals surface area contributed by atoms with Crippen molar-refractivity contribution in [1.29, 1.82) is 0 Å². The maximum Gasteiger partial charge on any atom is 0.144 e. The molecule has 0 amide bonds. The molecule has 3 nitrogen and oxygen atoms in total. The van der Waals surface area contributed by atoms with Gasteiger partial charge in [-0.1, -0.05) is 24.9 Å². The van der Waals surface area contributed by atoms with Crippen molar-refractivity contribution in [3.8, 4) is 0 Å². The lowest BCUT2D eigenvalue weighted by Crippen LogP contribution is -2.29.